The highest BCUT2D eigenvalue weighted by molar-refractivity contribution is 6.02. The summed E-state index contributed by atoms with van der Waals surface area (Å²) in [5.74, 6) is 0.146. The summed E-state index contributed by atoms with van der Waals surface area (Å²) in [5, 5.41) is 2.88. The van der Waals surface area contributed by atoms with E-state index in [1.807, 2.05) is 24.3 Å². The van der Waals surface area contributed by atoms with Crippen LogP contribution in [0.1, 0.15) is 56.1 Å². The Kier molecular flexibility index (Phi) is 5.71. The lowest BCUT2D eigenvalue weighted by atomic mass is 9.73. The maximum atomic E-state index is 14.4. The van der Waals surface area contributed by atoms with Crippen molar-refractivity contribution < 1.29 is 18.7 Å². The molecule has 4 nitrogen and oxygen atoms in total. The van der Waals surface area contributed by atoms with Crippen molar-refractivity contribution in [2.75, 3.05) is 6.61 Å². The zero-order valence-electron chi connectivity index (χ0n) is 17.3. The number of carbonyl (C=O) groups is 2. The van der Waals surface area contributed by atoms with Crippen molar-refractivity contribution in [3.05, 3.63) is 76.7 Å². The summed E-state index contributed by atoms with van der Waals surface area (Å²) in [5.41, 5.74) is 2.65. The van der Waals surface area contributed by atoms with Gasteiger partial charge in [0.15, 0.2) is 5.78 Å². The van der Waals surface area contributed by atoms with Crippen molar-refractivity contribution in [2.45, 2.75) is 44.9 Å². The van der Waals surface area contributed by atoms with Gasteiger partial charge in [0.05, 0.1) is 6.61 Å². The lowest BCUT2D eigenvalue weighted by Gasteiger charge is -2.34. The van der Waals surface area contributed by atoms with Crippen LogP contribution in [-0.4, -0.2) is 18.3 Å². The summed E-state index contributed by atoms with van der Waals surface area (Å²) >= 11 is 0. The monoisotopic (exact) mass is 407 g/mol. The van der Waals surface area contributed by atoms with Crippen molar-refractivity contribution in [1.82, 2.24) is 5.32 Å². The Labute approximate surface area is 176 Å². The van der Waals surface area contributed by atoms with Gasteiger partial charge in [-0.2, -0.15) is 0 Å². The van der Waals surface area contributed by atoms with Crippen LogP contribution in [0.15, 0.2) is 59.8 Å². The molecule has 156 valence electrons. The fourth-order valence-corrected chi connectivity index (χ4v) is 4.32. The van der Waals surface area contributed by atoms with Crippen molar-refractivity contribution in [1.29, 1.82) is 0 Å². The fraction of sp³-hybridized carbons (Fsp3) is 0.360. The minimum absolute atomic E-state index is 0.0185. The summed E-state index contributed by atoms with van der Waals surface area (Å²) < 4.78 is 20.1. The van der Waals surface area contributed by atoms with Gasteiger partial charge < -0.3 is 10.1 Å². The summed E-state index contributed by atoms with van der Waals surface area (Å²) in [6, 6.07) is 14.2. The summed E-state index contributed by atoms with van der Waals surface area (Å²) in [6.45, 7) is 4.85. The van der Waals surface area contributed by atoms with Crippen LogP contribution >= 0.6 is 0 Å². The molecule has 2 unspecified atom stereocenters. The van der Waals surface area contributed by atoms with E-state index >= 15 is 0 Å². The number of halogens is 1. The number of benzene rings is 2. The van der Waals surface area contributed by atoms with Crippen LogP contribution in [0.2, 0.25) is 0 Å². The Balaban J connectivity index is 1.59. The zero-order valence-corrected chi connectivity index (χ0v) is 17.3. The minimum Gasteiger partial charge on any atom is -0.493 e. The Morgan fingerprint density at radius 2 is 1.77 bits per heavy atom. The molecule has 0 radical (unpaired) electrons. The number of carbonyl (C=O) groups excluding carboxylic acids is 2. The smallest absolute Gasteiger partial charge is 0.225 e. The predicted molar refractivity (Wildman–Crippen MR) is 113 cm³/mol. The average molecular weight is 407 g/mol. The van der Waals surface area contributed by atoms with Crippen LogP contribution in [-0.2, 0) is 9.59 Å². The van der Waals surface area contributed by atoms with Crippen LogP contribution in [0.3, 0.4) is 0 Å². The van der Waals surface area contributed by atoms with Crippen LogP contribution in [0.25, 0.3) is 0 Å². The van der Waals surface area contributed by atoms with Gasteiger partial charge in [0.2, 0.25) is 5.91 Å². The van der Waals surface area contributed by atoms with Crippen LogP contribution < -0.4 is 10.1 Å². The van der Waals surface area contributed by atoms with Crippen molar-refractivity contribution in [3.8, 4) is 5.75 Å². The highest BCUT2D eigenvalue weighted by Gasteiger charge is 2.39. The van der Waals surface area contributed by atoms with Crippen molar-refractivity contribution in [2.24, 2.45) is 5.92 Å². The van der Waals surface area contributed by atoms with Gasteiger partial charge in [-0.1, -0.05) is 44.2 Å². The summed E-state index contributed by atoms with van der Waals surface area (Å²) in [4.78, 5) is 25.4. The molecule has 4 rings (SSSR count). The topological polar surface area (TPSA) is 55.4 Å². The number of hydrogen-bond donors (Lipinski definition) is 1. The standard InChI is InChI=1S/C25H26FNO3/c1-15(2)14-30-18-9-7-16(8-10-18)17-11-22-25(23(28)12-17)20(13-24(29)27-22)19-5-3-4-6-21(19)26/h3-10,15,17,20H,11-14H2,1-2H3,(H,27,29). The first-order valence-electron chi connectivity index (χ1n) is 10.5. The number of rotatable bonds is 5. The molecule has 0 bridgehead atoms. The number of ether oxygens (including phenoxy) is 1. The molecule has 0 aromatic heterocycles. The Hall–Kier alpha value is -2.95. The molecule has 0 saturated heterocycles. The Bertz CT molecular complexity index is 994. The number of allylic oxidation sites excluding steroid dienone is 2. The molecule has 1 amide bonds. The van der Waals surface area contributed by atoms with E-state index < -0.39 is 5.92 Å². The zero-order chi connectivity index (χ0) is 21.3. The second kappa shape index (κ2) is 8.42. The third-order valence-corrected chi connectivity index (χ3v) is 5.75. The molecule has 0 fully saturated rings. The molecule has 1 aliphatic carbocycles. The van der Waals surface area contributed by atoms with Gasteiger partial charge in [0, 0.05) is 30.0 Å². The Morgan fingerprint density at radius 1 is 1.03 bits per heavy atom. The highest BCUT2D eigenvalue weighted by Crippen LogP contribution is 2.43. The number of amides is 1. The van der Waals surface area contributed by atoms with Crippen LogP contribution in [0, 0.1) is 11.7 Å². The molecule has 1 N–H and O–H groups in total. The highest BCUT2D eigenvalue weighted by atomic mass is 19.1. The van der Waals surface area contributed by atoms with Crippen molar-refractivity contribution >= 4 is 11.7 Å². The molecule has 0 saturated carbocycles. The van der Waals surface area contributed by atoms with E-state index in [-0.39, 0.29) is 29.8 Å². The second-order valence-corrected chi connectivity index (χ2v) is 8.52. The molecule has 2 aromatic carbocycles. The first kappa shape index (κ1) is 20.3. The predicted octanol–water partition coefficient (Wildman–Crippen LogP) is 4.86. The van der Waals surface area contributed by atoms with Crippen molar-refractivity contribution in [3.63, 3.8) is 0 Å². The molecular formula is C25H26FNO3. The quantitative estimate of drug-likeness (QED) is 0.770. The minimum atomic E-state index is -0.518. The molecule has 2 aromatic rings. The maximum Gasteiger partial charge on any atom is 0.225 e. The molecule has 1 heterocycles. The number of hydrogen-bond acceptors (Lipinski definition) is 3. The maximum absolute atomic E-state index is 14.4. The molecular weight excluding hydrogens is 381 g/mol. The van der Waals surface area contributed by atoms with E-state index in [0.717, 1.165) is 11.3 Å². The molecule has 2 aliphatic rings. The van der Waals surface area contributed by atoms with Gasteiger partial charge in [-0.25, -0.2) is 4.39 Å². The van der Waals surface area contributed by atoms with E-state index in [0.29, 0.717) is 42.2 Å². The van der Waals surface area contributed by atoms with Crippen LogP contribution in [0.4, 0.5) is 4.39 Å². The van der Waals surface area contributed by atoms with Gasteiger partial charge in [0.1, 0.15) is 11.6 Å². The summed E-state index contributed by atoms with van der Waals surface area (Å²) in [7, 11) is 0. The van der Waals surface area contributed by atoms with E-state index in [1.54, 1.807) is 18.2 Å². The van der Waals surface area contributed by atoms with E-state index in [2.05, 4.69) is 19.2 Å². The third-order valence-electron chi connectivity index (χ3n) is 5.75. The Morgan fingerprint density at radius 3 is 2.47 bits per heavy atom. The fourth-order valence-electron chi connectivity index (χ4n) is 4.32. The largest absolute Gasteiger partial charge is 0.493 e. The second-order valence-electron chi connectivity index (χ2n) is 8.52. The average Bonchev–Trinajstić information content (AvgIpc) is 2.72. The normalized spacial score (nSPS) is 21.5. The van der Waals surface area contributed by atoms with E-state index in [1.165, 1.54) is 6.07 Å². The number of nitrogens with one attached hydrogen (secondary N) is 1. The number of ketones is 1. The SMILES string of the molecule is CC(C)COc1ccc(C2CC(=O)C3=C(C2)NC(=O)CC3c2ccccc2F)cc1. The molecule has 5 heteroatoms. The summed E-state index contributed by atoms with van der Waals surface area (Å²) in [6.07, 6.45) is 1.01. The molecule has 30 heavy (non-hydrogen) atoms. The van der Waals surface area contributed by atoms with E-state index in [4.69, 9.17) is 4.74 Å². The first-order chi connectivity index (χ1) is 14.4. The first-order valence-corrected chi connectivity index (χ1v) is 10.5. The van der Waals surface area contributed by atoms with E-state index in [9.17, 15) is 14.0 Å². The molecule has 2 atom stereocenters. The van der Waals surface area contributed by atoms with Gasteiger partial charge in [-0.05, 0) is 47.6 Å². The lowest BCUT2D eigenvalue weighted by molar-refractivity contribution is -0.122. The lowest BCUT2D eigenvalue weighted by Crippen LogP contribution is -2.38. The third kappa shape index (κ3) is 4.16. The van der Waals surface area contributed by atoms with Gasteiger partial charge in [-0.3, -0.25) is 9.59 Å². The van der Waals surface area contributed by atoms with Crippen LogP contribution in [0.5, 0.6) is 5.75 Å². The molecule has 0 spiro atoms. The van der Waals surface area contributed by atoms with Gasteiger partial charge in [0.25, 0.3) is 0 Å². The van der Waals surface area contributed by atoms with Gasteiger partial charge >= 0.3 is 0 Å². The number of Topliss-reactive ketones (excluding diaryl/α,β-unsaturated/α-hetero) is 1. The van der Waals surface area contributed by atoms with Gasteiger partial charge in [-0.15, -0.1) is 0 Å². The molecule has 1 aliphatic heterocycles.